The van der Waals surface area contributed by atoms with Crippen molar-refractivity contribution in [3.8, 4) is 0 Å². The van der Waals surface area contributed by atoms with Crippen molar-refractivity contribution in [2.24, 2.45) is 0 Å². The molecule has 1 rings (SSSR count). The average Bonchev–Trinajstić information content (AvgIpc) is 2.58. The van der Waals surface area contributed by atoms with Gasteiger partial charge in [-0.1, -0.05) is 11.3 Å². The predicted octanol–water partition coefficient (Wildman–Crippen LogP) is 1.86. The summed E-state index contributed by atoms with van der Waals surface area (Å²) in [6.45, 7) is 7.15. The highest BCUT2D eigenvalue weighted by atomic mass is 32.1. The summed E-state index contributed by atoms with van der Waals surface area (Å²) in [5, 5.41) is 0.0467. The lowest BCUT2D eigenvalue weighted by atomic mass is 10.2. The van der Waals surface area contributed by atoms with Crippen molar-refractivity contribution in [2.75, 3.05) is 12.3 Å². The molecule has 0 aromatic carbocycles. The van der Waals surface area contributed by atoms with Crippen LogP contribution in [0.4, 0.5) is 5.82 Å². The van der Waals surface area contributed by atoms with Crippen LogP contribution in [0.2, 0.25) is 0 Å². The fourth-order valence-corrected chi connectivity index (χ4v) is 1.84. The fourth-order valence-electron chi connectivity index (χ4n) is 1.08. The normalized spacial score (nSPS) is 11.1. The molecule has 0 aliphatic rings. The maximum atomic E-state index is 11.7. The first-order valence-corrected chi connectivity index (χ1v) is 6.23. The molecule has 100 valence electrons. The number of esters is 2. The van der Waals surface area contributed by atoms with E-state index in [0.29, 0.717) is 0 Å². The summed E-state index contributed by atoms with van der Waals surface area (Å²) < 4.78 is 9.94. The Morgan fingerprint density at radius 2 is 1.94 bits per heavy atom. The summed E-state index contributed by atoms with van der Waals surface area (Å²) in [4.78, 5) is 27.2. The van der Waals surface area contributed by atoms with Gasteiger partial charge < -0.3 is 15.2 Å². The molecule has 1 heterocycles. The molecule has 2 N–H and O–H groups in total. The Kier molecular flexibility index (Phi) is 4.28. The number of ether oxygens (including phenoxy) is 2. The van der Waals surface area contributed by atoms with Crippen LogP contribution in [0.25, 0.3) is 0 Å². The van der Waals surface area contributed by atoms with E-state index in [1.54, 1.807) is 27.7 Å². The van der Waals surface area contributed by atoms with Gasteiger partial charge in [0.2, 0.25) is 5.01 Å². The summed E-state index contributed by atoms with van der Waals surface area (Å²) in [7, 11) is 0. The first kappa shape index (κ1) is 14.4. The summed E-state index contributed by atoms with van der Waals surface area (Å²) in [6.07, 6.45) is 0. The molecule has 18 heavy (non-hydrogen) atoms. The molecule has 0 radical (unpaired) electrons. The number of nitrogens with two attached hydrogens (primary N) is 1. The number of anilines is 1. The van der Waals surface area contributed by atoms with Crippen LogP contribution in [-0.4, -0.2) is 29.1 Å². The number of aromatic nitrogens is 1. The number of hydrogen-bond acceptors (Lipinski definition) is 7. The Hall–Kier alpha value is -1.63. The van der Waals surface area contributed by atoms with Gasteiger partial charge in [0.25, 0.3) is 0 Å². The van der Waals surface area contributed by atoms with E-state index in [1.807, 2.05) is 0 Å². The number of nitrogens with zero attached hydrogens (tertiary/aromatic N) is 1. The molecule has 1 aromatic heterocycles. The molecule has 1 aromatic rings. The molecular formula is C11H16N2O4S. The molecule has 0 atom stereocenters. The Morgan fingerprint density at radius 1 is 1.33 bits per heavy atom. The lowest BCUT2D eigenvalue weighted by Crippen LogP contribution is -2.23. The van der Waals surface area contributed by atoms with Crippen molar-refractivity contribution in [2.45, 2.75) is 33.3 Å². The molecule has 0 bridgehead atoms. The van der Waals surface area contributed by atoms with Crippen molar-refractivity contribution in [1.82, 2.24) is 4.98 Å². The summed E-state index contributed by atoms with van der Waals surface area (Å²) in [5.74, 6) is -1.20. The van der Waals surface area contributed by atoms with Crippen molar-refractivity contribution in [3.05, 3.63) is 9.88 Å². The highest BCUT2D eigenvalue weighted by molar-refractivity contribution is 7.15. The number of carbonyl (C=O) groups excluding carboxylic acids is 2. The van der Waals surface area contributed by atoms with E-state index in [9.17, 15) is 9.59 Å². The number of hydrogen-bond donors (Lipinski definition) is 1. The van der Waals surface area contributed by atoms with E-state index in [-0.39, 0.29) is 22.3 Å². The third-order valence-electron chi connectivity index (χ3n) is 1.69. The van der Waals surface area contributed by atoms with Gasteiger partial charge in [-0.3, -0.25) is 0 Å². The van der Waals surface area contributed by atoms with Gasteiger partial charge >= 0.3 is 11.9 Å². The van der Waals surface area contributed by atoms with Crippen LogP contribution in [0.5, 0.6) is 0 Å². The molecule has 0 saturated carbocycles. The van der Waals surface area contributed by atoms with E-state index in [1.165, 1.54) is 0 Å². The monoisotopic (exact) mass is 272 g/mol. The third kappa shape index (κ3) is 3.69. The van der Waals surface area contributed by atoms with Crippen LogP contribution < -0.4 is 5.73 Å². The molecule has 7 heteroatoms. The highest BCUT2D eigenvalue weighted by Crippen LogP contribution is 2.23. The first-order chi connectivity index (χ1) is 8.24. The second-order valence-electron chi connectivity index (χ2n) is 4.46. The zero-order chi connectivity index (χ0) is 13.9. The van der Waals surface area contributed by atoms with E-state index < -0.39 is 17.5 Å². The smallest absolute Gasteiger partial charge is 0.368 e. The Morgan fingerprint density at radius 3 is 2.44 bits per heavy atom. The standard InChI is InChI=1S/C11H16N2O4S/c1-5-16-9(14)6-7(12)13-8(18-6)10(15)17-11(2,3)4/h5,12H2,1-4H3. The zero-order valence-electron chi connectivity index (χ0n) is 10.8. The van der Waals surface area contributed by atoms with Gasteiger partial charge in [-0.25, -0.2) is 14.6 Å². The average molecular weight is 272 g/mol. The molecule has 0 fully saturated rings. The minimum Gasteiger partial charge on any atom is -0.462 e. The second kappa shape index (κ2) is 5.34. The van der Waals surface area contributed by atoms with Crippen molar-refractivity contribution >= 4 is 29.1 Å². The van der Waals surface area contributed by atoms with Crippen LogP contribution in [-0.2, 0) is 9.47 Å². The fraction of sp³-hybridized carbons (Fsp3) is 0.545. The van der Waals surface area contributed by atoms with Gasteiger partial charge in [0.1, 0.15) is 11.4 Å². The number of rotatable bonds is 3. The number of thiazole rings is 1. The largest absolute Gasteiger partial charge is 0.462 e. The first-order valence-electron chi connectivity index (χ1n) is 5.41. The molecular weight excluding hydrogens is 256 g/mol. The quantitative estimate of drug-likeness (QED) is 0.844. The minimum atomic E-state index is -0.623. The zero-order valence-corrected chi connectivity index (χ0v) is 11.6. The Labute approximate surface area is 109 Å². The van der Waals surface area contributed by atoms with Crippen LogP contribution in [0.15, 0.2) is 0 Å². The van der Waals surface area contributed by atoms with Crippen LogP contribution >= 0.6 is 11.3 Å². The Balaban J connectivity index is 2.90. The lowest BCUT2D eigenvalue weighted by molar-refractivity contribution is 0.00691. The Bertz CT molecular complexity index is 462. The molecule has 0 spiro atoms. The third-order valence-corrected chi connectivity index (χ3v) is 2.72. The van der Waals surface area contributed by atoms with Gasteiger partial charge in [0.05, 0.1) is 6.61 Å². The van der Waals surface area contributed by atoms with Crippen LogP contribution in [0.1, 0.15) is 47.2 Å². The molecule has 0 amide bonds. The van der Waals surface area contributed by atoms with Gasteiger partial charge in [-0.15, -0.1) is 0 Å². The minimum absolute atomic E-state index is 0.0145. The SMILES string of the molecule is CCOC(=O)c1sc(C(=O)OC(C)(C)C)nc1N. The highest BCUT2D eigenvalue weighted by Gasteiger charge is 2.25. The predicted molar refractivity (Wildman–Crippen MR) is 67.7 cm³/mol. The van der Waals surface area contributed by atoms with Gasteiger partial charge in [0.15, 0.2) is 4.88 Å². The maximum absolute atomic E-state index is 11.7. The lowest BCUT2D eigenvalue weighted by Gasteiger charge is -2.18. The molecule has 6 nitrogen and oxygen atoms in total. The molecule has 0 saturated heterocycles. The second-order valence-corrected chi connectivity index (χ2v) is 5.45. The van der Waals surface area contributed by atoms with Crippen molar-refractivity contribution < 1.29 is 19.1 Å². The van der Waals surface area contributed by atoms with Crippen LogP contribution in [0.3, 0.4) is 0 Å². The molecule has 0 aliphatic heterocycles. The van der Waals surface area contributed by atoms with Crippen molar-refractivity contribution in [3.63, 3.8) is 0 Å². The maximum Gasteiger partial charge on any atom is 0.368 e. The van der Waals surface area contributed by atoms with Crippen molar-refractivity contribution in [1.29, 1.82) is 0 Å². The van der Waals surface area contributed by atoms with Gasteiger partial charge in [0, 0.05) is 0 Å². The number of nitrogen functional groups attached to an aromatic ring is 1. The number of carbonyl (C=O) groups is 2. The topological polar surface area (TPSA) is 91.5 Å². The molecule has 0 unspecified atom stereocenters. The van der Waals surface area contributed by atoms with E-state index in [0.717, 1.165) is 11.3 Å². The summed E-state index contributed by atoms with van der Waals surface area (Å²) >= 11 is 0.871. The van der Waals surface area contributed by atoms with E-state index in [4.69, 9.17) is 15.2 Å². The van der Waals surface area contributed by atoms with Crippen LogP contribution in [0, 0.1) is 0 Å². The molecule has 0 aliphatic carbocycles. The van der Waals surface area contributed by atoms with Gasteiger partial charge in [-0.2, -0.15) is 0 Å². The van der Waals surface area contributed by atoms with E-state index >= 15 is 0 Å². The van der Waals surface area contributed by atoms with Gasteiger partial charge in [-0.05, 0) is 27.7 Å². The van der Waals surface area contributed by atoms with E-state index in [2.05, 4.69) is 4.98 Å². The summed E-state index contributed by atoms with van der Waals surface area (Å²) in [6, 6.07) is 0. The summed E-state index contributed by atoms with van der Waals surface area (Å²) in [5.41, 5.74) is 4.94.